The number of amides is 1. The first-order valence-corrected chi connectivity index (χ1v) is 7.57. The van der Waals surface area contributed by atoms with E-state index < -0.39 is 0 Å². The zero-order valence-electron chi connectivity index (χ0n) is 11.4. The number of anilines is 1. The van der Waals surface area contributed by atoms with Gasteiger partial charge in [-0.2, -0.15) is 0 Å². The molecule has 1 aromatic rings. The molecular formula is C11H20N4OS2. The fraction of sp³-hybridized carbons (Fsp3) is 0.727. The molecule has 0 bridgehead atoms. The van der Waals surface area contributed by atoms with E-state index in [2.05, 4.69) is 20.8 Å². The molecule has 7 heteroatoms. The molecule has 0 aliphatic carbocycles. The lowest BCUT2D eigenvalue weighted by atomic mass is 10.1. The van der Waals surface area contributed by atoms with Crippen LogP contribution in [0.1, 0.15) is 34.6 Å². The molecule has 0 saturated heterocycles. The molecule has 1 atom stereocenters. The first kappa shape index (κ1) is 15.2. The first-order valence-electron chi connectivity index (χ1n) is 5.88. The average Bonchev–Trinajstić information content (AvgIpc) is 2.63. The van der Waals surface area contributed by atoms with Crippen LogP contribution in [0.3, 0.4) is 0 Å². The summed E-state index contributed by atoms with van der Waals surface area (Å²) in [6.07, 6.45) is 0. The van der Waals surface area contributed by atoms with Crippen LogP contribution in [-0.4, -0.2) is 33.4 Å². The quantitative estimate of drug-likeness (QED) is 0.814. The van der Waals surface area contributed by atoms with Crippen molar-refractivity contribution >= 4 is 34.1 Å². The highest BCUT2D eigenvalue weighted by molar-refractivity contribution is 8.02. The van der Waals surface area contributed by atoms with Crippen molar-refractivity contribution in [2.45, 2.75) is 49.7 Å². The van der Waals surface area contributed by atoms with Crippen LogP contribution in [0.4, 0.5) is 5.13 Å². The number of carbonyl (C=O) groups is 1. The summed E-state index contributed by atoms with van der Waals surface area (Å²) in [6, 6.07) is 0. The molecule has 18 heavy (non-hydrogen) atoms. The van der Waals surface area contributed by atoms with Crippen molar-refractivity contribution in [2.24, 2.45) is 0 Å². The maximum absolute atomic E-state index is 11.9. The third-order valence-electron chi connectivity index (χ3n) is 1.88. The summed E-state index contributed by atoms with van der Waals surface area (Å²) >= 11 is 2.90. The van der Waals surface area contributed by atoms with Crippen LogP contribution < -0.4 is 10.6 Å². The van der Waals surface area contributed by atoms with Crippen molar-refractivity contribution in [3.05, 3.63) is 0 Å². The van der Waals surface area contributed by atoms with Crippen LogP contribution in [0.5, 0.6) is 0 Å². The Hall–Kier alpha value is -0.820. The lowest BCUT2D eigenvalue weighted by molar-refractivity contribution is -0.121. The zero-order valence-corrected chi connectivity index (χ0v) is 13.0. The molecule has 0 saturated carbocycles. The molecule has 0 radical (unpaired) electrons. The third-order valence-corrected chi connectivity index (χ3v) is 3.94. The zero-order chi connectivity index (χ0) is 13.8. The molecule has 0 spiro atoms. The van der Waals surface area contributed by atoms with E-state index in [1.54, 1.807) is 0 Å². The fourth-order valence-electron chi connectivity index (χ4n) is 1.16. The molecule has 0 aromatic carbocycles. The number of aromatic nitrogens is 2. The van der Waals surface area contributed by atoms with Crippen molar-refractivity contribution < 1.29 is 4.79 Å². The van der Waals surface area contributed by atoms with Crippen LogP contribution in [0.15, 0.2) is 4.34 Å². The molecule has 1 unspecified atom stereocenters. The van der Waals surface area contributed by atoms with E-state index in [1.807, 2.05) is 34.6 Å². The molecule has 5 nitrogen and oxygen atoms in total. The van der Waals surface area contributed by atoms with Crippen molar-refractivity contribution in [1.29, 1.82) is 0 Å². The van der Waals surface area contributed by atoms with E-state index in [0.717, 1.165) is 16.0 Å². The minimum atomic E-state index is -0.206. The van der Waals surface area contributed by atoms with Gasteiger partial charge < -0.3 is 10.6 Å². The van der Waals surface area contributed by atoms with E-state index >= 15 is 0 Å². The van der Waals surface area contributed by atoms with Gasteiger partial charge in [0.25, 0.3) is 0 Å². The second-order valence-electron chi connectivity index (χ2n) is 4.90. The van der Waals surface area contributed by atoms with Crippen LogP contribution in [0, 0.1) is 0 Å². The van der Waals surface area contributed by atoms with Crippen molar-refractivity contribution in [1.82, 2.24) is 15.5 Å². The Labute approximate surface area is 116 Å². The van der Waals surface area contributed by atoms with Crippen molar-refractivity contribution in [3.63, 3.8) is 0 Å². The van der Waals surface area contributed by atoms with Gasteiger partial charge in [0.05, 0.1) is 5.25 Å². The van der Waals surface area contributed by atoms with E-state index in [9.17, 15) is 4.79 Å². The van der Waals surface area contributed by atoms with Gasteiger partial charge in [0.1, 0.15) is 0 Å². The van der Waals surface area contributed by atoms with Gasteiger partial charge in [-0.25, -0.2) is 0 Å². The van der Waals surface area contributed by atoms with E-state index in [1.165, 1.54) is 23.1 Å². The molecule has 0 aliphatic rings. The van der Waals surface area contributed by atoms with Gasteiger partial charge in [0.2, 0.25) is 11.0 Å². The Kier molecular flexibility index (Phi) is 5.40. The lowest BCUT2D eigenvalue weighted by Crippen LogP contribution is -2.44. The fourth-order valence-corrected chi connectivity index (χ4v) is 3.12. The Bertz CT molecular complexity index is 400. The summed E-state index contributed by atoms with van der Waals surface area (Å²) in [7, 11) is 0. The topological polar surface area (TPSA) is 66.9 Å². The van der Waals surface area contributed by atoms with Crippen molar-refractivity contribution in [2.75, 3.05) is 11.9 Å². The number of nitrogens with one attached hydrogen (secondary N) is 2. The number of thioether (sulfide) groups is 1. The van der Waals surface area contributed by atoms with Gasteiger partial charge >= 0.3 is 0 Å². The Balaban J connectivity index is 2.52. The highest BCUT2D eigenvalue weighted by Crippen LogP contribution is 2.28. The number of nitrogens with zero attached hydrogens (tertiary/aromatic N) is 2. The van der Waals surface area contributed by atoms with Gasteiger partial charge in [0, 0.05) is 12.1 Å². The third kappa shape index (κ3) is 5.22. The summed E-state index contributed by atoms with van der Waals surface area (Å²) in [6.45, 7) is 10.6. The summed E-state index contributed by atoms with van der Waals surface area (Å²) in [5, 5.41) is 14.7. The smallest absolute Gasteiger partial charge is 0.233 e. The van der Waals surface area contributed by atoms with Crippen LogP contribution >= 0.6 is 23.1 Å². The Morgan fingerprint density at radius 2 is 2.11 bits per heavy atom. The van der Waals surface area contributed by atoms with E-state index in [4.69, 9.17) is 0 Å². The first-order chi connectivity index (χ1) is 8.31. The Morgan fingerprint density at radius 3 is 2.67 bits per heavy atom. The van der Waals surface area contributed by atoms with E-state index in [-0.39, 0.29) is 16.7 Å². The average molecular weight is 288 g/mol. The van der Waals surface area contributed by atoms with E-state index in [0.29, 0.717) is 0 Å². The molecule has 102 valence electrons. The highest BCUT2D eigenvalue weighted by atomic mass is 32.2. The summed E-state index contributed by atoms with van der Waals surface area (Å²) in [4.78, 5) is 11.9. The highest BCUT2D eigenvalue weighted by Gasteiger charge is 2.21. The predicted molar refractivity (Wildman–Crippen MR) is 77.3 cm³/mol. The molecule has 0 fully saturated rings. The maximum Gasteiger partial charge on any atom is 0.233 e. The minimum absolute atomic E-state index is 0.0210. The Morgan fingerprint density at radius 1 is 1.44 bits per heavy atom. The number of hydrogen-bond acceptors (Lipinski definition) is 6. The second-order valence-corrected chi connectivity index (χ2v) is 7.47. The molecule has 1 amide bonds. The molecule has 2 N–H and O–H groups in total. The molecule has 0 aliphatic heterocycles. The van der Waals surface area contributed by atoms with Crippen molar-refractivity contribution in [3.8, 4) is 0 Å². The molecule has 1 heterocycles. The minimum Gasteiger partial charge on any atom is -0.360 e. The molecule has 1 rings (SSSR count). The summed E-state index contributed by atoms with van der Waals surface area (Å²) in [5.41, 5.74) is -0.206. The van der Waals surface area contributed by atoms with Gasteiger partial charge in [-0.15, -0.1) is 10.2 Å². The summed E-state index contributed by atoms with van der Waals surface area (Å²) < 4.78 is 0.808. The normalized spacial score (nSPS) is 13.2. The second kappa shape index (κ2) is 6.38. The van der Waals surface area contributed by atoms with Crippen LogP contribution in [-0.2, 0) is 4.79 Å². The molecule has 1 aromatic heterocycles. The number of hydrogen-bond donors (Lipinski definition) is 2. The lowest BCUT2D eigenvalue weighted by Gasteiger charge is -2.22. The summed E-state index contributed by atoms with van der Waals surface area (Å²) in [5.74, 6) is 0.0210. The van der Waals surface area contributed by atoms with Crippen LogP contribution in [0.25, 0.3) is 0 Å². The number of carbonyl (C=O) groups excluding carboxylic acids is 1. The predicted octanol–water partition coefficient (Wildman–Crippen LogP) is 2.37. The van der Waals surface area contributed by atoms with Gasteiger partial charge in [0.15, 0.2) is 4.34 Å². The standard InChI is InChI=1S/C11H20N4OS2/c1-6-12-9-14-15-10(18-9)17-7(2)8(16)13-11(3,4)5/h7H,6H2,1-5H3,(H,12,14)(H,13,16). The maximum atomic E-state index is 11.9. The SMILES string of the molecule is CCNc1nnc(SC(C)C(=O)NC(C)(C)C)s1. The van der Waals surface area contributed by atoms with Gasteiger partial charge in [-0.3, -0.25) is 4.79 Å². The van der Waals surface area contributed by atoms with Gasteiger partial charge in [-0.1, -0.05) is 23.1 Å². The largest absolute Gasteiger partial charge is 0.360 e. The van der Waals surface area contributed by atoms with Crippen LogP contribution in [0.2, 0.25) is 0 Å². The molecular weight excluding hydrogens is 268 g/mol. The monoisotopic (exact) mass is 288 g/mol. The van der Waals surface area contributed by atoms with Gasteiger partial charge in [-0.05, 0) is 34.6 Å². The number of rotatable bonds is 5.